The molecule has 0 N–H and O–H groups in total. The molecular weight excluding hydrogens is 777 g/mol. The van der Waals surface area contributed by atoms with E-state index in [0.717, 1.165) is 122 Å². The molecule has 0 saturated carbocycles. The van der Waals surface area contributed by atoms with Gasteiger partial charge in [-0.3, -0.25) is 0 Å². The Morgan fingerprint density at radius 1 is 0.312 bits per heavy atom. The molecule has 7 aromatic carbocycles. The molecule has 0 radical (unpaired) electrons. The zero-order valence-corrected chi connectivity index (χ0v) is 35.6. The third-order valence-corrected chi connectivity index (χ3v) is 12.1. The molecule has 4 aromatic heterocycles. The second-order valence-corrected chi connectivity index (χ2v) is 16.4. The number of benzene rings is 7. The van der Waals surface area contributed by atoms with Crippen LogP contribution in [0.3, 0.4) is 0 Å². The molecule has 64 heavy (non-hydrogen) atoms. The topological polar surface area (TPSA) is 51.6 Å². The van der Waals surface area contributed by atoms with Crippen LogP contribution < -0.4 is 0 Å². The third-order valence-electron chi connectivity index (χ3n) is 12.1. The molecule has 4 heterocycles. The Kier molecular flexibility index (Phi) is 9.95. The van der Waals surface area contributed by atoms with E-state index >= 15 is 0 Å². The maximum atomic E-state index is 5.41. The van der Waals surface area contributed by atoms with Crippen LogP contribution >= 0.6 is 0 Å². The monoisotopic (exact) mass is 818 g/mol. The van der Waals surface area contributed by atoms with E-state index < -0.39 is 0 Å². The zero-order valence-electron chi connectivity index (χ0n) is 35.6. The summed E-state index contributed by atoms with van der Waals surface area (Å²) in [7, 11) is 0. The molecular formula is C60H42N4. The number of hydrogen-bond acceptors (Lipinski definition) is 4. The molecule has 0 spiro atoms. The first kappa shape index (κ1) is 38.6. The molecule has 4 nitrogen and oxygen atoms in total. The van der Waals surface area contributed by atoms with Crippen molar-refractivity contribution >= 4 is 67.9 Å². The number of fused-ring (bicyclic) bond motifs is 6. The van der Waals surface area contributed by atoms with Gasteiger partial charge in [-0.2, -0.15) is 0 Å². The summed E-state index contributed by atoms with van der Waals surface area (Å²) in [5.74, 6) is 0. The molecule has 0 atom stereocenters. The number of nitrogens with zero attached hydrogens (tertiary/aromatic N) is 4. The lowest BCUT2D eigenvalue weighted by Crippen LogP contribution is -1.96. The second kappa shape index (κ2) is 16.5. The average Bonchev–Trinajstić information content (AvgIpc) is 3.36. The minimum absolute atomic E-state index is 0.881. The van der Waals surface area contributed by atoms with Gasteiger partial charge in [-0.25, -0.2) is 19.9 Å². The van der Waals surface area contributed by atoms with E-state index in [2.05, 4.69) is 220 Å². The largest absolute Gasteiger partial charge is 0.246 e. The van der Waals surface area contributed by atoms with Gasteiger partial charge in [-0.05, 0) is 107 Å². The van der Waals surface area contributed by atoms with Gasteiger partial charge in [0.05, 0.1) is 44.8 Å². The lowest BCUT2D eigenvalue weighted by molar-refractivity contribution is 1.30. The Hall–Kier alpha value is -8.34. The SMILES string of the molecule is Cc1cc(-c2ccc3ccc4c(-c5ccccc5)cc(C=Cc5ccccc5)nc4c3n2)c(C)cc1-c1ccc2ccc3c(-c4ccccc4)cc(C=Cc4ccccc4)nc3c2n1. The van der Waals surface area contributed by atoms with E-state index in [9.17, 15) is 0 Å². The summed E-state index contributed by atoms with van der Waals surface area (Å²) in [4.78, 5) is 21.3. The maximum absolute atomic E-state index is 5.41. The standard InChI is InChI=1S/C60H42N4/c1-39-35-52(56-34-28-46-26-32-50-54(44-21-13-6-14-22-44)38-48(62-60(50)58(46)64-56)30-24-42-17-9-4-10-18-42)40(2)36-51(39)55-33-27-45-25-31-49-53(43-19-11-5-12-20-43)37-47(61-59(49)57(45)63-55)29-23-41-15-7-3-8-16-41/h3-38H,1-2H3. The molecule has 0 fully saturated rings. The van der Waals surface area contributed by atoms with Crippen molar-refractivity contribution in [2.24, 2.45) is 0 Å². The van der Waals surface area contributed by atoms with Gasteiger partial charge in [-0.1, -0.05) is 170 Å². The van der Waals surface area contributed by atoms with Crippen molar-refractivity contribution in [2.75, 3.05) is 0 Å². The number of pyridine rings is 4. The molecule has 11 rings (SSSR count). The van der Waals surface area contributed by atoms with Crippen molar-refractivity contribution in [1.82, 2.24) is 19.9 Å². The summed E-state index contributed by atoms with van der Waals surface area (Å²) in [6, 6.07) is 68.0. The van der Waals surface area contributed by atoms with Crippen molar-refractivity contribution in [2.45, 2.75) is 13.8 Å². The Labute approximate surface area is 372 Å². The normalized spacial score (nSPS) is 11.8. The highest BCUT2D eigenvalue weighted by molar-refractivity contribution is 6.10. The average molecular weight is 819 g/mol. The quantitative estimate of drug-likeness (QED) is 0.143. The molecule has 0 aliphatic heterocycles. The van der Waals surface area contributed by atoms with Gasteiger partial charge in [0.2, 0.25) is 0 Å². The minimum atomic E-state index is 0.881. The maximum Gasteiger partial charge on any atom is 0.0978 e. The van der Waals surface area contributed by atoms with Crippen LogP contribution in [0.4, 0.5) is 0 Å². The number of aromatic nitrogens is 4. The summed E-state index contributed by atoms with van der Waals surface area (Å²) in [6.07, 6.45) is 8.43. The smallest absolute Gasteiger partial charge is 0.0978 e. The van der Waals surface area contributed by atoms with E-state index in [1.807, 2.05) is 12.1 Å². The van der Waals surface area contributed by atoms with Crippen LogP contribution in [-0.2, 0) is 0 Å². The van der Waals surface area contributed by atoms with E-state index in [1.54, 1.807) is 0 Å². The van der Waals surface area contributed by atoms with Gasteiger partial charge < -0.3 is 0 Å². The molecule has 0 amide bonds. The van der Waals surface area contributed by atoms with E-state index in [4.69, 9.17) is 19.9 Å². The predicted molar refractivity (Wildman–Crippen MR) is 270 cm³/mol. The Balaban J connectivity index is 1.02. The number of hydrogen-bond donors (Lipinski definition) is 0. The van der Waals surface area contributed by atoms with Crippen LogP contribution in [0.5, 0.6) is 0 Å². The molecule has 0 saturated heterocycles. The van der Waals surface area contributed by atoms with Crippen molar-refractivity contribution < 1.29 is 0 Å². The molecule has 0 aliphatic rings. The van der Waals surface area contributed by atoms with E-state index in [1.165, 1.54) is 0 Å². The lowest BCUT2D eigenvalue weighted by Gasteiger charge is -2.15. The molecule has 11 aromatic rings. The number of rotatable bonds is 8. The van der Waals surface area contributed by atoms with Gasteiger partial charge in [0, 0.05) is 32.7 Å². The summed E-state index contributed by atoms with van der Waals surface area (Å²) < 4.78 is 0. The fourth-order valence-corrected chi connectivity index (χ4v) is 8.83. The highest BCUT2D eigenvalue weighted by atomic mass is 14.8. The first-order chi connectivity index (χ1) is 31.5. The van der Waals surface area contributed by atoms with Crippen molar-refractivity contribution in [3.8, 4) is 44.8 Å². The highest BCUT2D eigenvalue weighted by Crippen LogP contribution is 2.38. The Morgan fingerprint density at radius 3 is 1.09 bits per heavy atom. The van der Waals surface area contributed by atoms with Crippen molar-refractivity contribution in [3.63, 3.8) is 0 Å². The van der Waals surface area contributed by atoms with Crippen molar-refractivity contribution in [3.05, 3.63) is 228 Å². The molecule has 0 aliphatic carbocycles. The molecule has 0 bridgehead atoms. The van der Waals surface area contributed by atoms with Gasteiger partial charge >= 0.3 is 0 Å². The fourth-order valence-electron chi connectivity index (χ4n) is 8.83. The minimum Gasteiger partial charge on any atom is -0.246 e. The van der Waals surface area contributed by atoms with Gasteiger partial charge in [0.25, 0.3) is 0 Å². The van der Waals surface area contributed by atoms with Crippen LogP contribution in [-0.4, -0.2) is 19.9 Å². The third kappa shape index (κ3) is 7.42. The highest BCUT2D eigenvalue weighted by Gasteiger charge is 2.17. The Bertz CT molecular complexity index is 3360. The summed E-state index contributed by atoms with van der Waals surface area (Å²) in [5.41, 5.74) is 18.3. The first-order valence-electron chi connectivity index (χ1n) is 21.7. The summed E-state index contributed by atoms with van der Waals surface area (Å²) >= 11 is 0. The molecule has 0 unspecified atom stereocenters. The van der Waals surface area contributed by atoms with Gasteiger partial charge in [-0.15, -0.1) is 0 Å². The van der Waals surface area contributed by atoms with Crippen LogP contribution in [0.15, 0.2) is 194 Å². The first-order valence-corrected chi connectivity index (χ1v) is 21.7. The van der Waals surface area contributed by atoms with E-state index in [0.29, 0.717) is 0 Å². The summed E-state index contributed by atoms with van der Waals surface area (Å²) in [6.45, 7) is 4.34. The molecule has 302 valence electrons. The summed E-state index contributed by atoms with van der Waals surface area (Å²) in [5, 5.41) is 4.24. The van der Waals surface area contributed by atoms with Crippen LogP contribution in [0, 0.1) is 13.8 Å². The fraction of sp³-hybridized carbons (Fsp3) is 0.0333. The van der Waals surface area contributed by atoms with Crippen LogP contribution in [0.2, 0.25) is 0 Å². The van der Waals surface area contributed by atoms with Gasteiger partial charge in [0.15, 0.2) is 0 Å². The zero-order chi connectivity index (χ0) is 43.0. The Morgan fingerprint density at radius 2 is 0.688 bits per heavy atom. The lowest BCUT2D eigenvalue weighted by atomic mass is 9.94. The number of aryl methyl sites for hydroxylation is 2. The van der Waals surface area contributed by atoms with Crippen LogP contribution in [0.25, 0.3) is 113 Å². The predicted octanol–water partition coefficient (Wildman–Crippen LogP) is 15.5. The van der Waals surface area contributed by atoms with Crippen LogP contribution in [0.1, 0.15) is 33.6 Å². The second-order valence-electron chi connectivity index (χ2n) is 16.4. The van der Waals surface area contributed by atoms with Gasteiger partial charge in [0.1, 0.15) is 0 Å². The molecule has 4 heteroatoms. The van der Waals surface area contributed by atoms with E-state index in [-0.39, 0.29) is 0 Å². The van der Waals surface area contributed by atoms with Crippen molar-refractivity contribution in [1.29, 1.82) is 0 Å².